The maximum absolute atomic E-state index is 2.41. The summed E-state index contributed by atoms with van der Waals surface area (Å²) < 4.78 is 2.38. The Balaban J connectivity index is 0.996. The first kappa shape index (κ1) is 33.7. The molecule has 1 heterocycles. The molecule has 0 radical (unpaired) electrons. The first-order valence-electron chi connectivity index (χ1n) is 20.6. The van der Waals surface area contributed by atoms with E-state index in [1.807, 2.05) is 0 Å². The van der Waals surface area contributed by atoms with Gasteiger partial charge in [0.1, 0.15) is 0 Å². The lowest BCUT2D eigenvalue weighted by Gasteiger charge is -2.26. The van der Waals surface area contributed by atoms with E-state index in [0.29, 0.717) is 0 Å². The van der Waals surface area contributed by atoms with Crippen molar-refractivity contribution in [2.75, 3.05) is 4.90 Å². The van der Waals surface area contributed by atoms with Gasteiger partial charge in [0.25, 0.3) is 0 Å². The lowest BCUT2D eigenvalue weighted by atomic mass is 9.83. The van der Waals surface area contributed by atoms with E-state index in [1.54, 1.807) is 0 Å². The van der Waals surface area contributed by atoms with Crippen molar-refractivity contribution >= 4 is 38.9 Å². The Morgan fingerprint density at radius 1 is 0.404 bits per heavy atom. The predicted octanol–water partition coefficient (Wildman–Crippen LogP) is 15.2. The molecule has 2 aliphatic rings. The Kier molecular flexibility index (Phi) is 8.35. The molecule has 3 unspecified atom stereocenters. The molecule has 0 aliphatic heterocycles. The Morgan fingerprint density at radius 3 is 1.60 bits per heavy atom. The van der Waals surface area contributed by atoms with Gasteiger partial charge in [-0.05, 0) is 137 Å². The molecule has 0 N–H and O–H groups in total. The van der Waals surface area contributed by atoms with Gasteiger partial charge in [-0.2, -0.15) is 0 Å². The summed E-state index contributed by atoms with van der Waals surface area (Å²) in [6, 6.07) is 73.6. The van der Waals surface area contributed by atoms with Crippen molar-refractivity contribution in [3.63, 3.8) is 0 Å². The molecule has 2 bridgehead atoms. The summed E-state index contributed by atoms with van der Waals surface area (Å²) in [5.74, 6) is 2.61. The van der Waals surface area contributed by atoms with Gasteiger partial charge in [0.2, 0.25) is 0 Å². The van der Waals surface area contributed by atoms with Crippen LogP contribution in [0.4, 0.5) is 17.1 Å². The predicted molar refractivity (Wildman–Crippen MR) is 240 cm³/mol. The van der Waals surface area contributed by atoms with Crippen LogP contribution in [-0.4, -0.2) is 4.57 Å². The van der Waals surface area contributed by atoms with Gasteiger partial charge in [0.05, 0.1) is 11.0 Å². The Hall–Kier alpha value is -6.64. The zero-order chi connectivity index (χ0) is 37.7. The van der Waals surface area contributed by atoms with Crippen LogP contribution < -0.4 is 4.90 Å². The maximum Gasteiger partial charge on any atom is 0.0542 e. The molecule has 2 fully saturated rings. The van der Waals surface area contributed by atoms with Crippen LogP contribution in [0.2, 0.25) is 0 Å². The van der Waals surface area contributed by atoms with E-state index in [4.69, 9.17) is 0 Å². The largest absolute Gasteiger partial charge is 0.310 e. The molecule has 11 rings (SSSR count). The smallest absolute Gasteiger partial charge is 0.0542 e. The lowest BCUT2D eigenvalue weighted by molar-refractivity contribution is 0.420. The number of hydrogen-bond acceptors (Lipinski definition) is 1. The molecule has 2 heteroatoms. The summed E-state index contributed by atoms with van der Waals surface area (Å²) in [5, 5.41) is 2.48. The van der Waals surface area contributed by atoms with Crippen LogP contribution in [0.5, 0.6) is 0 Å². The fourth-order valence-corrected chi connectivity index (χ4v) is 10.2. The highest BCUT2D eigenvalue weighted by molar-refractivity contribution is 6.10. The lowest BCUT2D eigenvalue weighted by Crippen LogP contribution is -2.10. The fourth-order valence-electron chi connectivity index (χ4n) is 10.2. The van der Waals surface area contributed by atoms with Crippen molar-refractivity contribution < 1.29 is 0 Å². The van der Waals surface area contributed by atoms with E-state index in [2.05, 4.69) is 210 Å². The van der Waals surface area contributed by atoms with Gasteiger partial charge < -0.3 is 9.47 Å². The number of aromatic nitrogens is 1. The average molecular weight is 733 g/mol. The summed E-state index contributed by atoms with van der Waals surface area (Å²) in [7, 11) is 0. The second-order valence-electron chi connectivity index (χ2n) is 16.1. The van der Waals surface area contributed by atoms with Crippen molar-refractivity contribution in [3.8, 4) is 39.1 Å². The summed E-state index contributed by atoms with van der Waals surface area (Å²) >= 11 is 0. The van der Waals surface area contributed by atoms with Crippen molar-refractivity contribution in [3.05, 3.63) is 206 Å². The molecule has 0 amide bonds. The van der Waals surface area contributed by atoms with Crippen LogP contribution in [0.25, 0.3) is 60.9 Å². The second-order valence-corrected chi connectivity index (χ2v) is 16.1. The number of benzene rings is 8. The maximum atomic E-state index is 2.41. The van der Waals surface area contributed by atoms with E-state index in [-0.39, 0.29) is 0 Å². The molecule has 2 saturated carbocycles. The first-order chi connectivity index (χ1) is 28.2. The van der Waals surface area contributed by atoms with Crippen molar-refractivity contribution in [2.24, 2.45) is 11.8 Å². The number of para-hydroxylation sites is 2. The van der Waals surface area contributed by atoms with Gasteiger partial charge in [-0.15, -0.1) is 0 Å². The monoisotopic (exact) mass is 732 g/mol. The highest BCUT2D eigenvalue weighted by Crippen LogP contribution is 2.53. The van der Waals surface area contributed by atoms with E-state index in [1.165, 1.54) is 92.1 Å². The molecule has 274 valence electrons. The molecule has 2 nitrogen and oxygen atoms in total. The standard InChI is InChI=1S/C55H44N2/c1-3-11-41(12-4-1)49-15-7-8-16-50(49)42-27-31-47(32-28-42)56(46-29-25-40(26-30-46)39-21-23-43(24-22-39)52-36-38-19-20-44(52)35-38)48-33-34-55-53(37-48)51-17-9-10-18-54(51)57(55)45-13-5-2-6-14-45/h1-18,21-34,37-38,44,52H,19-20,35-36H2. The molecule has 0 spiro atoms. The van der Waals surface area contributed by atoms with E-state index in [9.17, 15) is 0 Å². The Morgan fingerprint density at radius 2 is 0.947 bits per heavy atom. The summed E-state index contributed by atoms with van der Waals surface area (Å²) in [6.45, 7) is 0. The molecule has 2 aliphatic carbocycles. The minimum Gasteiger partial charge on any atom is -0.310 e. The van der Waals surface area contributed by atoms with E-state index >= 15 is 0 Å². The number of rotatable bonds is 8. The van der Waals surface area contributed by atoms with Gasteiger partial charge in [0.15, 0.2) is 0 Å². The normalized spacial score (nSPS) is 17.4. The molecule has 9 aromatic rings. The quantitative estimate of drug-likeness (QED) is 0.151. The molecular formula is C55H44N2. The summed E-state index contributed by atoms with van der Waals surface area (Å²) in [4.78, 5) is 2.41. The fraction of sp³-hybridized carbons (Fsp3) is 0.127. The van der Waals surface area contributed by atoms with Gasteiger partial charge >= 0.3 is 0 Å². The van der Waals surface area contributed by atoms with Crippen LogP contribution in [-0.2, 0) is 0 Å². The first-order valence-corrected chi connectivity index (χ1v) is 20.6. The SMILES string of the molecule is c1ccc(-c2ccccc2-c2ccc(N(c3ccc(-c4ccc(C5CC6CCC5C6)cc4)cc3)c3ccc4c(c3)c3ccccc3n4-c3ccccc3)cc2)cc1. The van der Waals surface area contributed by atoms with Gasteiger partial charge in [-0.3, -0.25) is 0 Å². The third-order valence-electron chi connectivity index (χ3n) is 12.9. The minimum atomic E-state index is 0.756. The Bertz CT molecular complexity index is 2830. The summed E-state index contributed by atoms with van der Waals surface area (Å²) in [5.41, 5.74) is 15.9. The van der Waals surface area contributed by atoms with Crippen LogP contribution >= 0.6 is 0 Å². The van der Waals surface area contributed by atoms with Crippen LogP contribution in [0.1, 0.15) is 37.2 Å². The van der Waals surface area contributed by atoms with Crippen LogP contribution in [0, 0.1) is 11.8 Å². The van der Waals surface area contributed by atoms with Crippen LogP contribution in [0.15, 0.2) is 200 Å². The number of nitrogens with zero attached hydrogens (tertiary/aromatic N) is 2. The molecular weight excluding hydrogens is 689 g/mol. The average Bonchev–Trinajstić information content (AvgIpc) is 4.02. The van der Waals surface area contributed by atoms with Gasteiger partial charge in [-0.25, -0.2) is 0 Å². The third-order valence-corrected chi connectivity index (χ3v) is 12.9. The molecule has 8 aromatic carbocycles. The van der Waals surface area contributed by atoms with E-state index in [0.717, 1.165) is 34.8 Å². The number of anilines is 3. The molecule has 3 atom stereocenters. The van der Waals surface area contributed by atoms with Gasteiger partial charge in [-0.1, -0.05) is 146 Å². The Labute approximate surface area is 335 Å². The second kappa shape index (κ2) is 14.1. The number of fused-ring (bicyclic) bond motifs is 5. The molecule has 0 saturated heterocycles. The van der Waals surface area contributed by atoms with Crippen LogP contribution in [0.3, 0.4) is 0 Å². The zero-order valence-corrected chi connectivity index (χ0v) is 32.0. The summed E-state index contributed by atoms with van der Waals surface area (Å²) in [6.07, 6.45) is 5.68. The third kappa shape index (κ3) is 6.04. The highest BCUT2D eigenvalue weighted by Gasteiger charge is 2.40. The van der Waals surface area contributed by atoms with Crippen molar-refractivity contribution in [2.45, 2.75) is 31.6 Å². The van der Waals surface area contributed by atoms with Gasteiger partial charge in [0, 0.05) is 33.5 Å². The zero-order valence-electron chi connectivity index (χ0n) is 32.0. The molecule has 57 heavy (non-hydrogen) atoms. The topological polar surface area (TPSA) is 8.17 Å². The highest BCUT2D eigenvalue weighted by atomic mass is 15.1. The van der Waals surface area contributed by atoms with Crippen molar-refractivity contribution in [1.82, 2.24) is 4.57 Å². The minimum absolute atomic E-state index is 0.756. The van der Waals surface area contributed by atoms with E-state index < -0.39 is 0 Å². The number of hydrogen-bond donors (Lipinski definition) is 0. The molecule has 1 aromatic heterocycles. The van der Waals surface area contributed by atoms with Crippen molar-refractivity contribution in [1.29, 1.82) is 0 Å².